The summed E-state index contributed by atoms with van der Waals surface area (Å²) in [5.41, 5.74) is 6.80. The number of aromatic nitrogens is 3. The molecule has 2 N–H and O–H groups in total. The zero-order valence-electron chi connectivity index (χ0n) is 10.8. The average Bonchev–Trinajstić information content (AvgIpc) is 2.92. The average molecular weight is 288 g/mol. The maximum atomic E-state index is 13.3. The third kappa shape index (κ3) is 2.71. The van der Waals surface area contributed by atoms with Crippen molar-refractivity contribution in [1.82, 2.24) is 15.1 Å². The van der Waals surface area contributed by atoms with E-state index in [0.29, 0.717) is 12.2 Å². The molecule has 106 valence electrons. The number of pyridine rings is 1. The summed E-state index contributed by atoms with van der Waals surface area (Å²) in [6, 6.07) is 5.47. The standard InChI is InChI=1S/C14H10F2N4O/c15-10-6-9(12(17)7-11(10)16)14-19-13(20-21-14)5-8-1-3-18-4-2-8/h1-4,6-7H,5,17H2. The number of nitrogens with zero attached hydrogens (tertiary/aromatic N) is 3. The van der Waals surface area contributed by atoms with Crippen LogP contribution in [0.2, 0.25) is 0 Å². The molecule has 3 rings (SSSR count). The van der Waals surface area contributed by atoms with Crippen molar-refractivity contribution in [3.05, 3.63) is 59.7 Å². The van der Waals surface area contributed by atoms with Gasteiger partial charge >= 0.3 is 0 Å². The molecule has 1 aromatic carbocycles. The molecule has 0 saturated carbocycles. The summed E-state index contributed by atoms with van der Waals surface area (Å²) in [5, 5.41) is 3.80. The monoisotopic (exact) mass is 288 g/mol. The van der Waals surface area contributed by atoms with E-state index in [1.807, 2.05) is 12.1 Å². The molecule has 5 nitrogen and oxygen atoms in total. The molecule has 0 aliphatic heterocycles. The zero-order chi connectivity index (χ0) is 14.8. The number of anilines is 1. The lowest BCUT2D eigenvalue weighted by atomic mass is 10.1. The Hall–Kier alpha value is -2.83. The van der Waals surface area contributed by atoms with Crippen molar-refractivity contribution in [2.75, 3.05) is 5.73 Å². The van der Waals surface area contributed by atoms with Crippen LogP contribution in [-0.2, 0) is 6.42 Å². The van der Waals surface area contributed by atoms with Crippen molar-refractivity contribution < 1.29 is 13.3 Å². The van der Waals surface area contributed by atoms with Crippen LogP contribution in [0.3, 0.4) is 0 Å². The molecular weight excluding hydrogens is 278 g/mol. The summed E-state index contributed by atoms with van der Waals surface area (Å²) in [6.45, 7) is 0. The van der Waals surface area contributed by atoms with E-state index in [1.54, 1.807) is 12.4 Å². The molecule has 7 heteroatoms. The fourth-order valence-corrected chi connectivity index (χ4v) is 1.87. The predicted molar refractivity (Wildman–Crippen MR) is 71.1 cm³/mol. The molecule has 0 bridgehead atoms. The van der Waals surface area contributed by atoms with Crippen LogP contribution in [0.5, 0.6) is 0 Å². The molecule has 3 aromatic rings. The molecule has 0 aliphatic carbocycles. The van der Waals surface area contributed by atoms with Gasteiger partial charge in [0, 0.05) is 30.6 Å². The molecule has 0 radical (unpaired) electrons. The van der Waals surface area contributed by atoms with E-state index < -0.39 is 11.6 Å². The van der Waals surface area contributed by atoms with Gasteiger partial charge in [0.1, 0.15) is 0 Å². The Kier molecular flexibility index (Phi) is 3.31. The van der Waals surface area contributed by atoms with Crippen LogP contribution in [0.15, 0.2) is 41.2 Å². The van der Waals surface area contributed by atoms with E-state index in [4.69, 9.17) is 10.3 Å². The highest BCUT2D eigenvalue weighted by Crippen LogP contribution is 2.27. The topological polar surface area (TPSA) is 77.8 Å². The van der Waals surface area contributed by atoms with E-state index >= 15 is 0 Å². The molecular formula is C14H10F2N4O. The first-order valence-electron chi connectivity index (χ1n) is 6.10. The van der Waals surface area contributed by atoms with Gasteiger partial charge in [0.05, 0.1) is 5.56 Å². The lowest BCUT2D eigenvalue weighted by Crippen LogP contribution is -1.95. The van der Waals surface area contributed by atoms with Crippen LogP contribution < -0.4 is 5.73 Å². The molecule has 0 aliphatic rings. The predicted octanol–water partition coefficient (Wildman–Crippen LogP) is 2.58. The SMILES string of the molecule is Nc1cc(F)c(F)cc1-c1nc(Cc2ccncc2)no1. The number of rotatable bonds is 3. The minimum atomic E-state index is -1.02. The maximum Gasteiger partial charge on any atom is 0.260 e. The van der Waals surface area contributed by atoms with Crippen LogP contribution in [-0.4, -0.2) is 15.1 Å². The summed E-state index contributed by atoms with van der Waals surface area (Å²) in [5.74, 6) is -1.57. The first-order chi connectivity index (χ1) is 10.1. The van der Waals surface area contributed by atoms with E-state index in [-0.39, 0.29) is 17.1 Å². The normalized spacial score (nSPS) is 10.8. The van der Waals surface area contributed by atoms with Gasteiger partial charge in [-0.1, -0.05) is 5.16 Å². The number of halogens is 2. The van der Waals surface area contributed by atoms with Gasteiger partial charge in [-0.2, -0.15) is 4.98 Å². The van der Waals surface area contributed by atoms with Crippen molar-refractivity contribution in [3.8, 4) is 11.5 Å². The molecule has 0 amide bonds. The van der Waals surface area contributed by atoms with E-state index in [1.165, 1.54) is 0 Å². The van der Waals surface area contributed by atoms with E-state index in [0.717, 1.165) is 17.7 Å². The van der Waals surface area contributed by atoms with Crippen LogP contribution >= 0.6 is 0 Å². The highest BCUT2D eigenvalue weighted by atomic mass is 19.2. The minimum absolute atomic E-state index is 0.0352. The Labute approximate surface area is 118 Å². The second kappa shape index (κ2) is 5.28. The quantitative estimate of drug-likeness (QED) is 0.749. The molecule has 2 aromatic heterocycles. The van der Waals surface area contributed by atoms with Crippen LogP contribution in [0.4, 0.5) is 14.5 Å². The molecule has 0 fully saturated rings. The number of hydrogen-bond donors (Lipinski definition) is 1. The third-order valence-electron chi connectivity index (χ3n) is 2.90. The first kappa shape index (κ1) is 13.2. The lowest BCUT2D eigenvalue weighted by Gasteiger charge is -2.01. The van der Waals surface area contributed by atoms with Crippen molar-refractivity contribution >= 4 is 5.69 Å². The molecule has 0 unspecified atom stereocenters. The Morgan fingerprint density at radius 1 is 1.10 bits per heavy atom. The molecule has 2 heterocycles. The van der Waals surface area contributed by atoms with E-state index in [9.17, 15) is 8.78 Å². The smallest absolute Gasteiger partial charge is 0.260 e. The van der Waals surface area contributed by atoms with Gasteiger partial charge in [-0.3, -0.25) is 4.98 Å². The zero-order valence-corrected chi connectivity index (χ0v) is 10.8. The van der Waals surface area contributed by atoms with Crippen LogP contribution in [0.25, 0.3) is 11.5 Å². The maximum absolute atomic E-state index is 13.3. The van der Waals surface area contributed by atoms with Gasteiger partial charge < -0.3 is 10.3 Å². The van der Waals surface area contributed by atoms with Crippen molar-refractivity contribution in [2.45, 2.75) is 6.42 Å². The number of nitrogen functional groups attached to an aromatic ring is 1. The van der Waals surface area contributed by atoms with Gasteiger partial charge in [0.15, 0.2) is 17.5 Å². The third-order valence-corrected chi connectivity index (χ3v) is 2.90. The largest absolute Gasteiger partial charge is 0.398 e. The Balaban J connectivity index is 1.90. The molecule has 0 saturated heterocycles. The summed E-state index contributed by atoms with van der Waals surface area (Å²) in [4.78, 5) is 8.05. The number of hydrogen-bond acceptors (Lipinski definition) is 5. The summed E-state index contributed by atoms with van der Waals surface area (Å²) >= 11 is 0. The van der Waals surface area contributed by atoms with Gasteiger partial charge in [-0.25, -0.2) is 8.78 Å². The molecule has 21 heavy (non-hydrogen) atoms. The van der Waals surface area contributed by atoms with E-state index in [2.05, 4.69) is 15.1 Å². The summed E-state index contributed by atoms with van der Waals surface area (Å²) < 4.78 is 31.4. The molecule has 0 spiro atoms. The van der Waals surface area contributed by atoms with Gasteiger partial charge in [0.25, 0.3) is 5.89 Å². The molecule has 0 atom stereocenters. The second-order valence-corrected chi connectivity index (χ2v) is 4.40. The van der Waals surface area contributed by atoms with Crippen LogP contribution in [0, 0.1) is 11.6 Å². The Morgan fingerprint density at radius 2 is 1.81 bits per heavy atom. The summed E-state index contributed by atoms with van der Waals surface area (Å²) in [7, 11) is 0. The highest BCUT2D eigenvalue weighted by molar-refractivity contribution is 5.70. The Morgan fingerprint density at radius 3 is 2.57 bits per heavy atom. The van der Waals surface area contributed by atoms with Gasteiger partial charge in [-0.05, 0) is 23.8 Å². The van der Waals surface area contributed by atoms with Crippen molar-refractivity contribution in [1.29, 1.82) is 0 Å². The first-order valence-corrected chi connectivity index (χ1v) is 6.10. The fraction of sp³-hybridized carbons (Fsp3) is 0.0714. The van der Waals surface area contributed by atoms with Crippen LogP contribution in [0.1, 0.15) is 11.4 Å². The second-order valence-electron chi connectivity index (χ2n) is 4.40. The number of benzene rings is 1. The van der Waals surface area contributed by atoms with Crippen molar-refractivity contribution in [3.63, 3.8) is 0 Å². The fourth-order valence-electron chi connectivity index (χ4n) is 1.87. The van der Waals surface area contributed by atoms with Crippen molar-refractivity contribution in [2.24, 2.45) is 0 Å². The van der Waals surface area contributed by atoms with Gasteiger partial charge in [0.2, 0.25) is 0 Å². The summed E-state index contributed by atoms with van der Waals surface area (Å²) in [6.07, 6.45) is 3.75. The highest BCUT2D eigenvalue weighted by Gasteiger charge is 2.15. The van der Waals surface area contributed by atoms with Gasteiger partial charge in [-0.15, -0.1) is 0 Å². The number of nitrogens with two attached hydrogens (primary N) is 1. The Bertz CT molecular complexity index is 774. The lowest BCUT2D eigenvalue weighted by molar-refractivity contribution is 0.423. The minimum Gasteiger partial charge on any atom is -0.398 e.